The summed E-state index contributed by atoms with van der Waals surface area (Å²) in [5, 5.41) is 5.15. The van der Waals surface area contributed by atoms with E-state index in [-0.39, 0.29) is 11.9 Å². The van der Waals surface area contributed by atoms with E-state index in [9.17, 15) is 4.39 Å². The Labute approximate surface area is 123 Å². The van der Waals surface area contributed by atoms with Crippen molar-refractivity contribution in [3.8, 4) is 0 Å². The fraction of sp³-hybridized carbons (Fsp3) is 0.400. The molecule has 1 unspecified atom stereocenters. The molecule has 1 aromatic heterocycles. The van der Waals surface area contributed by atoms with E-state index in [0.717, 1.165) is 29.9 Å². The Morgan fingerprint density at radius 2 is 2.15 bits per heavy atom. The van der Waals surface area contributed by atoms with Gasteiger partial charge in [0.05, 0.1) is 16.4 Å². The second-order valence-electron chi connectivity index (χ2n) is 4.74. The van der Waals surface area contributed by atoms with Crippen molar-refractivity contribution in [2.24, 2.45) is 5.73 Å². The van der Waals surface area contributed by atoms with Crippen LogP contribution >= 0.6 is 11.6 Å². The van der Waals surface area contributed by atoms with Gasteiger partial charge in [0.15, 0.2) is 0 Å². The normalized spacial score (nSPS) is 12.7. The smallest absolute Gasteiger partial charge is 0.123 e. The lowest BCUT2D eigenvalue weighted by Gasteiger charge is -2.13. The molecule has 0 amide bonds. The van der Waals surface area contributed by atoms with Gasteiger partial charge in [-0.25, -0.2) is 4.39 Å². The van der Waals surface area contributed by atoms with Gasteiger partial charge in [0.25, 0.3) is 0 Å². The van der Waals surface area contributed by atoms with Crippen molar-refractivity contribution < 1.29 is 4.39 Å². The second-order valence-corrected chi connectivity index (χ2v) is 5.12. The SMILES string of the molecule is CCc1nn(CC)c(CC(N)c2cccc(F)c2)c1Cl. The van der Waals surface area contributed by atoms with Gasteiger partial charge in [-0.2, -0.15) is 5.10 Å². The van der Waals surface area contributed by atoms with Crippen LogP contribution in [0.5, 0.6) is 0 Å². The van der Waals surface area contributed by atoms with E-state index in [1.54, 1.807) is 6.07 Å². The lowest BCUT2D eigenvalue weighted by atomic mass is 10.0. The highest BCUT2D eigenvalue weighted by molar-refractivity contribution is 6.31. The molecule has 1 aromatic carbocycles. The third-order valence-electron chi connectivity index (χ3n) is 3.38. The van der Waals surface area contributed by atoms with Crippen LogP contribution in [0.3, 0.4) is 0 Å². The Hall–Kier alpha value is -1.39. The molecule has 1 heterocycles. The predicted molar refractivity (Wildman–Crippen MR) is 79.3 cm³/mol. The quantitative estimate of drug-likeness (QED) is 0.917. The maximum Gasteiger partial charge on any atom is 0.123 e. The molecule has 20 heavy (non-hydrogen) atoms. The van der Waals surface area contributed by atoms with E-state index in [2.05, 4.69) is 5.10 Å². The fourth-order valence-corrected chi connectivity index (χ4v) is 2.62. The second kappa shape index (κ2) is 6.37. The Morgan fingerprint density at radius 3 is 2.75 bits per heavy atom. The molecule has 0 spiro atoms. The van der Waals surface area contributed by atoms with Crippen molar-refractivity contribution in [2.75, 3.05) is 0 Å². The zero-order valence-corrected chi connectivity index (χ0v) is 12.5. The van der Waals surface area contributed by atoms with Gasteiger partial charge in [0, 0.05) is 19.0 Å². The maximum atomic E-state index is 13.3. The third kappa shape index (κ3) is 3.02. The number of nitrogens with two attached hydrogens (primary N) is 1. The summed E-state index contributed by atoms with van der Waals surface area (Å²) in [6.45, 7) is 4.77. The molecule has 0 aliphatic heterocycles. The average Bonchev–Trinajstić information content (AvgIpc) is 2.75. The summed E-state index contributed by atoms with van der Waals surface area (Å²) < 4.78 is 15.1. The molecule has 2 N–H and O–H groups in total. The van der Waals surface area contributed by atoms with Crippen molar-refractivity contribution in [1.82, 2.24) is 9.78 Å². The number of hydrogen-bond acceptors (Lipinski definition) is 2. The van der Waals surface area contributed by atoms with Crippen LogP contribution in [0.2, 0.25) is 5.02 Å². The van der Waals surface area contributed by atoms with E-state index in [4.69, 9.17) is 17.3 Å². The number of nitrogens with zero attached hydrogens (tertiary/aromatic N) is 2. The molecule has 0 saturated heterocycles. The van der Waals surface area contributed by atoms with Crippen LogP contribution in [0, 0.1) is 5.82 Å². The highest BCUT2D eigenvalue weighted by Crippen LogP contribution is 2.26. The highest BCUT2D eigenvalue weighted by atomic mass is 35.5. The summed E-state index contributed by atoms with van der Waals surface area (Å²) in [5.74, 6) is -0.276. The fourth-order valence-electron chi connectivity index (χ4n) is 2.28. The molecule has 0 fully saturated rings. The number of rotatable bonds is 5. The lowest BCUT2D eigenvalue weighted by Crippen LogP contribution is -2.16. The zero-order chi connectivity index (χ0) is 14.7. The van der Waals surface area contributed by atoms with E-state index in [1.807, 2.05) is 24.6 Å². The zero-order valence-electron chi connectivity index (χ0n) is 11.7. The first-order valence-electron chi connectivity index (χ1n) is 6.81. The van der Waals surface area contributed by atoms with Crippen LogP contribution in [0.25, 0.3) is 0 Å². The minimum absolute atomic E-state index is 0.276. The average molecular weight is 296 g/mol. The molecule has 0 aliphatic rings. The van der Waals surface area contributed by atoms with E-state index in [1.165, 1.54) is 12.1 Å². The van der Waals surface area contributed by atoms with Crippen molar-refractivity contribution >= 4 is 11.6 Å². The van der Waals surface area contributed by atoms with Crippen LogP contribution in [-0.4, -0.2) is 9.78 Å². The van der Waals surface area contributed by atoms with Gasteiger partial charge in [-0.1, -0.05) is 30.7 Å². The van der Waals surface area contributed by atoms with Crippen LogP contribution < -0.4 is 5.73 Å². The van der Waals surface area contributed by atoms with Gasteiger partial charge < -0.3 is 5.73 Å². The molecular formula is C15H19ClFN3. The van der Waals surface area contributed by atoms with E-state index < -0.39 is 0 Å². The minimum Gasteiger partial charge on any atom is -0.324 e. The van der Waals surface area contributed by atoms with Crippen molar-refractivity contribution in [1.29, 1.82) is 0 Å². The van der Waals surface area contributed by atoms with Gasteiger partial charge >= 0.3 is 0 Å². The van der Waals surface area contributed by atoms with Crippen LogP contribution in [0.15, 0.2) is 24.3 Å². The maximum absolute atomic E-state index is 13.3. The Kier molecular flexibility index (Phi) is 4.78. The molecule has 0 radical (unpaired) electrons. The Morgan fingerprint density at radius 1 is 1.40 bits per heavy atom. The molecule has 108 valence electrons. The molecule has 3 nitrogen and oxygen atoms in total. The number of benzene rings is 1. The third-order valence-corrected chi connectivity index (χ3v) is 3.82. The van der Waals surface area contributed by atoms with Crippen LogP contribution in [-0.2, 0) is 19.4 Å². The molecule has 5 heteroatoms. The minimum atomic E-state index is -0.296. The summed E-state index contributed by atoms with van der Waals surface area (Å²) in [5.41, 5.74) is 8.74. The summed E-state index contributed by atoms with van der Waals surface area (Å²) >= 11 is 6.36. The van der Waals surface area contributed by atoms with Gasteiger partial charge in [-0.15, -0.1) is 0 Å². The Balaban J connectivity index is 2.27. The molecule has 0 aliphatic carbocycles. The molecule has 2 rings (SSSR count). The monoisotopic (exact) mass is 295 g/mol. The molecular weight excluding hydrogens is 277 g/mol. The predicted octanol–water partition coefficient (Wildman–Crippen LogP) is 3.50. The van der Waals surface area contributed by atoms with Crippen LogP contribution in [0.4, 0.5) is 4.39 Å². The van der Waals surface area contributed by atoms with Gasteiger partial charge in [0.2, 0.25) is 0 Å². The first-order valence-corrected chi connectivity index (χ1v) is 7.19. The summed E-state index contributed by atoms with van der Waals surface area (Å²) in [6.07, 6.45) is 1.33. The first kappa shape index (κ1) is 15.0. The topological polar surface area (TPSA) is 43.8 Å². The summed E-state index contributed by atoms with van der Waals surface area (Å²) in [7, 11) is 0. The highest BCUT2D eigenvalue weighted by Gasteiger charge is 2.18. The summed E-state index contributed by atoms with van der Waals surface area (Å²) in [6, 6.07) is 6.08. The number of aryl methyl sites for hydroxylation is 2. The molecule has 2 aromatic rings. The summed E-state index contributed by atoms with van der Waals surface area (Å²) in [4.78, 5) is 0. The largest absolute Gasteiger partial charge is 0.324 e. The van der Waals surface area contributed by atoms with Crippen molar-refractivity contribution in [2.45, 2.75) is 39.3 Å². The van der Waals surface area contributed by atoms with E-state index in [0.29, 0.717) is 11.4 Å². The van der Waals surface area contributed by atoms with Gasteiger partial charge in [0.1, 0.15) is 5.82 Å². The standard InChI is InChI=1S/C15H19ClFN3/c1-3-13-15(16)14(20(4-2)19-13)9-12(18)10-6-5-7-11(17)8-10/h5-8,12H,3-4,9,18H2,1-2H3. The number of hydrogen-bond donors (Lipinski definition) is 1. The molecule has 0 bridgehead atoms. The Bertz CT molecular complexity index is 595. The lowest BCUT2D eigenvalue weighted by molar-refractivity contribution is 0.580. The van der Waals surface area contributed by atoms with Gasteiger partial charge in [-0.05, 0) is 31.0 Å². The molecule has 1 atom stereocenters. The van der Waals surface area contributed by atoms with Crippen LogP contribution in [0.1, 0.15) is 36.8 Å². The van der Waals surface area contributed by atoms with Crippen molar-refractivity contribution in [3.63, 3.8) is 0 Å². The molecule has 0 saturated carbocycles. The van der Waals surface area contributed by atoms with Crippen molar-refractivity contribution in [3.05, 3.63) is 52.1 Å². The number of halogens is 2. The van der Waals surface area contributed by atoms with Gasteiger partial charge in [-0.3, -0.25) is 4.68 Å². The first-order chi connectivity index (χ1) is 9.56. The number of aromatic nitrogens is 2. The van der Waals surface area contributed by atoms with E-state index >= 15 is 0 Å².